The Labute approximate surface area is 111 Å². The second-order valence-electron chi connectivity index (χ2n) is 4.73. The number of H-pyrrole nitrogens is 1. The van der Waals surface area contributed by atoms with Crippen molar-refractivity contribution in [3.8, 4) is 0 Å². The van der Waals surface area contributed by atoms with Gasteiger partial charge in [0.2, 0.25) is 5.56 Å². The molecule has 1 atom stereocenters. The third-order valence-electron chi connectivity index (χ3n) is 3.06. The fourth-order valence-electron chi connectivity index (χ4n) is 2.08. The van der Waals surface area contributed by atoms with Crippen molar-refractivity contribution in [3.05, 3.63) is 34.2 Å². The zero-order valence-corrected chi connectivity index (χ0v) is 11.0. The average molecular weight is 265 g/mol. The molecule has 0 aromatic carbocycles. The van der Waals surface area contributed by atoms with Crippen LogP contribution in [0.3, 0.4) is 0 Å². The molecule has 1 amide bonds. The number of rotatable bonds is 4. The van der Waals surface area contributed by atoms with Crippen molar-refractivity contribution in [3.63, 3.8) is 0 Å². The van der Waals surface area contributed by atoms with Crippen molar-refractivity contribution in [1.82, 2.24) is 15.2 Å². The van der Waals surface area contributed by atoms with Crippen LogP contribution in [0.4, 0.5) is 0 Å². The number of ether oxygens (including phenoxy) is 1. The summed E-state index contributed by atoms with van der Waals surface area (Å²) in [4.78, 5) is 27.6. The summed E-state index contributed by atoms with van der Waals surface area (Å²) in [6, 6.07) is 2.93. The van der Waals surface area contributed by atoms with Crippen LogP contribution in [-0.2, 0) is 4.74 Å². The first-order valence-corrected chi connectivity index (χ1v) is 6.45. The molecule has 1 fully saturated rings. The Morgan fingerprint density at radius 3 is 2.84 bits per heavy atom. The van der Waals surface area contributed by atoms with Gasteiger partial charge in [-0.1, -0.05) is 0 Å². The molecule has 0 unspecified atom stereocenters. The van der Waals surface area contributed by atoms with Crippen LogP contribution in [0, 0.1) is 0 Å². The zero-order valence-electron chi connectivity index (χ0n) is 11.0. The minimum Gasteiger partial charge on any atom is -0.379 e. The number of nitrogens with one attached hydrogen (secondary N) is 2. The summed E-state index contributed by atoms with van der Waals surface area (Å²) in [6.45, 7) is 6.08. The fourth-order valence-corrected chi connectivity index (χ4v) is 2.08. The van der Waals surface area contributed by atoms with Gasteiger partial charge in [-0.25, -0.2) is 0 Å². The molecule has 1 aromatic rings. The largest absolute Gasteiger partial charge is 0.379 e. The number of aromatic nitrogens is 1. The van der Waals surface area contributed by atoms with Gasteiger partial charge in [0.15, 0.2) is 0 Å². The number of carbonyl (C=O) groups excluding carboxylic acids is 1. The fraction of sp³-hybridized carbons (Fsp3) is 0.538. The second kappa shape index (κ2) is 6.49. The van der Waals surface area contributed by atoms with E-state index in [1.807, 2.05) is 6.92 Å². The van der Waals surface area contributed by atoms with Crippen LogP contribution in [0.5, 0.6) is 0 Å². The van der Waals surface area contributed by atoms with E-state index in [2.05, 4.69) is 15.2 Å². The van der Waals surface area contributed by atoms with E-state index in [0.29, 0.717) is 5.56 Å². The highest BCUT2D eigenvalue weighted by atomic mass is 16.5. The van der Waals surface area contributed by atoms with Gasteiger partial charge in [-0.3, -0.25) is 14.5 Å². The number of hydrogen-bond acceptors (Lipinski definition) is 4. The van der Waals surface area contributed by atoms with Crippen LogP contribution in [0.2, 0.25) is 0 Å². The monoisotopic (exact) mass is 265 g/mol. The standard InChI is InChI=1S/C13H19N3O3/c1-10(9-16-4-6-19-7-5-16)15-13(18)11-2-3-12(17)14-8-11/h2-3,8,10H,4-7,9H2,1H3,(H,14,17)(H,15,18)/t10-/m0/s1. The van der Waals surface area contributed by atoms with E-state index in [1.54, 1.807) is 0 Å². The third-order valence-corrected chi connectivity index (χ3v) is 3.06. The first kappa shape index (κ1) is 13.8. The number of morpholine rings is 1. The minimum atomic E-state index is -0.210. The van der Waals surface area contributed by atoms with Crippen LogP contribution in [0.15, 0.2) is 23.1 Å². The van der Waals surface area contributed by atoms with Crippen LogP contribution in [0.25, 0.3) is 0 Å². The minimum absolute atomic E-state index is 0.0533. The Kier molecular flexibility index (Phi) is 4.70. The van der Waals surface area contributed by atoms with Gasteiger partial charge in [-0.05, 0) is 13.0 Å². The van der Waals surface area contributed by atoms with E-state index in [0.717, 1.165) is 32.8 Å². The van der Waals surface area contributed by atoms with E-state index < -0.39 is 0 Å². The van der Waals surface area contributed by atoms with Gasteiger partial charge in [-0.2, -0.15) is 0 Å². The van der Waals surface area contributed by atoms with Gasteiger partial charge in [0.1, 0.15) is 0 Å². The van der Waals surface area contributed by atoms with Crippen molar-refractivity contribution in [2.75, 3.05) is 32.8 Å². The molecule has 2 heterocycles. The average Bonchev–Trinajstić information content (AvgIpc) is 2.40. The number of aromatic amines is 1. The summed E-state index contributed by atoms with van der Waals surface area (Å²) < 4.78 is 5.28. The molecule has 104 valence electrons. The molecule has 6 nitrogen and oxygen atoms in total. The van der Waals surface area contributed by atoms with Crippen molar-refractivity contribution < 1.29 is 9.53 Å². The third kappa shape index (κ3) is 4.18. The van der Waals surface area contributed by atoms with Gasteiger partial charge in [0, 0.05) is 37.9 Å². The Bertz CT molecular complexity index is 460. The highest BCUT2D eigenvalue weighted by Gasteiger charge is 2.15. The van der Waals surface area contributed by atoms with Gasteiger partial charge in [0.25, 0.3) is 5.91 Å². The summed E-state index contributed by atoms with van der Waals surface area (Å²) >= 11 is 0. The number of pyridine rings is 1. The molecule has 1 aromatic heterocycles. The Morgan fingerprint density at radius 1 is 1.47 bits per heavy atom. The molecule has 0 radical (unpaired) electrons. The summed E-state index contributed by atoms with van der Waals surface area (Å²) in [5.74, 6) is -0.169. The van der Waals surface area contributed by atoms with E-state index >= 15 is 0 Å². The number of hydrogen-bond donors (Lipinski definition) is 2. The van der Waals surface area contributed by atoms with Crippen molar-refractivity contribution in [1.29, 1.82) is 0 Å². The van der Waals surface area contributed by atoms with Gasteiger partial charge < -0.3 is 15.0 Å². The molecule has 0 saturated carbocycles. The molecule has 0 spiro atoms. The molecule has 1 saturated heterocycles. The number of nitrogens with zero attached hydrogens (tertiary/aromatic N) is 1. The SMILES string of the molecule is C[C@@H](CN1CCOCC1)NC(=O)c1ccc(=O)[nH]c1. The number of carbonyl (C=O) groups is 1. The van der Waals surface area contributed by atoms with E-state index in [-0.39, 0.29) is 17.5 Å². The molecule has 6 heteroatoms. The first-order valence-electron chi connectivity index (χ1n) is 6.45. The molecular formula is C13H19N3O3. The van der Waals surface area contributed by atoms with Gasteiger partial charge in [0.05, 0.1) is 18.8 Å². The second-order valence-corrected chi connectivity index (χ2v) is 4.73. The maximum atomic E-state index is 11.9. The Hall–Kier alpha value is -1.66. The molecule has 2 rings (SSSR count). The van der Waals surface area contributed by atoms with Crippen LogP contribution in [0.1, 0.15) is 17.3 Å². The normalized spacial score (nSPS) is 17.9. The maximum absolute atomic E-state index is 11.9. The van der Waals surface area contributed by atoms with Crippen molar-refractivity contribution in [2.24, 2.45) is 0 Å². The molecule has 1 aliphatic rings. The quantitative estimate of drug-likeness (QED) is 0.792. The van der Waals surface area contributed by atoms with Crippen molar-refractivity contribution in [2.45, 2.75) is 13.0 Å². The lowest BCUT2D eigenvalue weighted by Crippen LogP contribution is -2.46. The summed E-state index contributed by atoms with van der Waals surface area (Å²) in [5.41, 5.74) is 0.256. The molecular weight excluding hydrogens is 246 g/mol. The molecule has 1 aliphatic heterocycles. The highest BCUT2D eigenvalue weighted by Crippen LogP contribution is 2.00. The lowest BCUT2D eigenvalue weighted by molar-refractivity contribution is 0.0342. The van der Waals surface area contributed by atoms with Gasteiger partial charge in [-0.15, -0.1) is 0 Å². The first-order chi connectivity index (χ1) is 9.15. The predicted molar refractivity (Wildman–Crippen MR) is 71.2 cm³/mol. The van der Waals surface area contributed by atoms with E-state index in [9.17, 15) is 9.59 Å². The molecule has 0 aliphatic carbocycles. The smallest absolute Gasteiger partial charge is 0.253 e. The summed E-state index contributed by atoms with van der Waals surface area (Å²) in [5, 5.41) is 2.92. The van der Waals surface area contributed by atoms with Crippen molar-refractivity contribution >= 4 is 5.91 Å². The zero-order chi connectivity index (χ0) is 13.7. The molecule has 19 heavy (non-hydrogen) atoms. The van der Waals surface area contributed by atoms with Crippen LogP contribution < -0.4 is 10.9 Å². The Balaban J connectivity index is 1.84. The molecule has 0 bridgehead atoms. The predicted octanol–water partition coefficient (Wildman–Crippen LogP) is -0.175. The van der Waals surface area contributed by atoms with E-state index in [4.69, 9.17) is 4.74 Å². The maximum Gasteiger partial charge on any atom is 0.253 e. The topological polar surface area (TPSA) is 74.4 Å². The summed E-state index contributed by atoms with van der Waals surface area (Å²) in [6.07, 6.45) is 1.43. The lowest BCUT2D eigenvalue weighted by atomic mass is 10.2. The lowest BCUT2D eigenvalue weighted by Gasteiger charge is -2.29. The van der Waals surface area contributed by atoms with E-state index in [1.165, 1.54) is 18.3 Å². The van der Waals surface area contributed by atoms with Crippen LogP contribution in [-0.4, -0.2) is 54.7 Å². The summed E-state index contributed by atoms with van der Waals surface area (Å²) in [7, 11) is 0. The van der Waals surface area contributed by atoms with Gasteiger partial charge >= 0.3 is 0 Å². The number of amides is 1. The highest BCUT2D eigenvalue weighted by molar-refractivity contribution is 5.93. The molecule has 2 N–H and O–H groups in total. The Morgan fingerprint density at radius 2 is 2.21 bits per heavy atom. The van der Waals surface area contributed by atoms with Crippen LogP contribution >= 0.6 is 0 Å².